The molecule has 88 valence electrons. The summed E-state index contributed by atoms with van der Waals surface area (Å²) in [5.41, 5.74) is 2.43. The van der Waals surface area contributed by atoms with Crippen LogP contribution in [0.3, 0.4) is 0 Å². The number of hydrogen-bond donors (Lipinski definition) is 0. The minimum atomic E-state index is 0.551. The second kappa shape index (κ2) is 5.53. The smallest absolute Gasteiger partial charge is 0.0509 e. The van der Waals surface area contributed by atoms with Crippen LogP contribution in [-0.2, 0) is 5.88 Å². The number of nitrogens with zero attached hydrogens (tertiary/aromatic N) is 2. The van der Waals surface area contributed by atoms with Crippen molar-refractivity contribution in [3.63, 3.8) is 0 Å². The molecule has 1 aromatic heterocycles. The minimum absolute atomic E-state index is 0.551. The first-order chi connectivity index (χ1) is 7.81. The van der Waals surface area contributed by atoms with Gasteiger partial charge in [0.2, 0.25) is 0 Å². The lowest BCUT2D eigenvalue weighted by atomic mass is 10.0. The molecule has 1 saturated heterocycles. The second-order valence-corrected chi connectivity index (χ2v) is 4.93. The van der Waals surface area contributed by atoms with Crippen LogP contribution in [0, 0.1) is 5.92 Å². The van der Waals surface area contributed by atoms with E-state index in [4.69, 9.17) is 11.6 Å². The maximum atomic E-state index is 5.95. The van der Waals surface area contributed by atoms with E-state index in [1.54, 1.807) is 0 Å². The van der Waals surface area contributed by atoms with Gasteiger partial charge in [-0.1, -0.05) is 6.92 Å². The van der Waals surface area contributed by atoms with Gasteiger partial charge in [0.15, 0.2) is 0 Å². The maximum absolute atomic E-state index is 5.95. The molecule has 0 aliphatic carbocycles. The monoisotopic (exact) mass is 238 g/mol. The van der Waals surface area contributed by atoms with Crippen LogP contribution < -0.4 is 4.90 Å². The van der Waals surface area contributed by atoms with Crippen LogP contribution in [-0.4, -0.2) is 18.1 Å². The Morgan fingerprint density at radius 1 is 1.44 bits per heavy atom. The van der Waals surface area contributed by atoms with E-state index in [0.717, 1.165) is 24.6 Å². The molecule has 0 spiro atoms. The Labute approximate surface area is 103 Å². The molecule has 0 amide bonds. The highest BCUT2D eigenvalue weighted by molar-refractivity contribution is 6.17. The van der Waals surface area contributed by atoms with E-state index >= 15 is 0 Å². The van der Waals surface area contributed by atoms with Crippen LogP contribution in [0.4, 0.5) is 5.69 Å². The first kappa shape index (κ1) is 11.7. The zero-order valence-corrected chi connectivity index (χ0v) is 10.6. The quantitative estimate of drug-likeness (QED) is 0.734. The van der Waals surface area contributed by atoms with Gasteiger partial charge in [0.1, 0.15) is 0 Å². The summed E-state index contributed by atoms with van der Waals surface area (Å²) >= 11 is 5.95. The van der Waals surface area contributed by atoms with Gasteiger partial charge in [-0.05, 0) is 31.2 Å². The third kappa shape index (κ3) is 2.67. The van der Waals surface area contributed by atoms with Crippen molar-refractivity contribution < 1.29 is 0 Å². The molecule has 1 aliphatic rings. The lowest BCUT2D eigenvalue weighted by molar-refractivity contribution is 0.521. The number of pyridine rings is 1. The molecule has 2 heterocycles. The summed E-state index contributed by atoms with van der Waals surface area (Å²) in [5.74, 6) is 1.40. The molecule has 1 fully saturated rings. The van der Waals surface area contributed by atoms with E-state index in [2.05, 4.69) is 22.9 Å². The fraction of sp³-hybridized carbons (Fsp3) is 0.615. The average molecular weight is 239 g/mol. The molecule has 2 rings (SSSR count). The fourth-order valence-corrected chi connectivity index (χ4v) is 2.54. The number of halogens is 1. The zero-order chi connectivity index (χ0) is 11.4. The van der Waals surface area contributed by atoms with Gasteiger partial charge < -0.3 is 4.90 Å². The van der Waals surface area contributed by atoms with E-state index in [9.17, 15) is 0 Å². The van der Waals surface area contributed by atoms with Crippen LogP contribution in [0.1, 0.15) is 31.7 Å². The molecule has 16 heavy (non-hydrogen) atoms. The molecule has 0 radical (unpaired) electrons. The molecule has 1 aromatic rings. The summed E-state index contributed by atoms with van der Waals surface area (Å²) in [7, 11) is 0. The van der Waals surface area contributed by atoms with Crippen molar-refractivity contribution in [1.29, 1.82) is 0 Å². The summed E-state index contributed by atoms with van der Waals surface area (Å²) in [4.78, 5) is 6.60. The lowest BCUT2D eigenvalue weighted by Crippen LogP contribution is -2.25. The van der Waals surface area contributed by atoms with Crippen molar-refractivity contribution in [2.24, 2.45) is 5.92 Å². The van der Waals surface area contributed by atoms with Crippen molar-refractivity contribution in [2.45, 2.75) is 32.1 Å². The third-order valence-electron chi connectivity index (χ3n) is 3.38. The van der Waals surface area contributed by atoms with Crippen molar-refractivity contribution in [2.75, 3.05) is 18.0 Å². The highest BCUT2D eigenvalue weighted by atomic mass is 35.5. The summed E-state index contributed by atoms with van der Waals surface area (Å²) in [5, 5.41) is 0. The van der Waals surface area contributed by atoms with Crippen molar-refractivity contribution in [1.82, 2.24) is 4.98 Å². The number of aromatic nitrogens is 1. The van der Waals surface area contributed by atoms with E-state index in [-0.39, 0.29) is 0 Å². The largest absolute Gasteiger partial charge is 0.371 e. The van der Waals surface area contributed by atoms with Crippen LogP contribution in [0.5, 0.6) is 0 Å². The summed E-state index contributed by atoms with van der Waals surface area (Å²) < 4.78 is 0. The Morgan fingerprint density at radius 3 is 3.12 bits per heavy atom. The Balaban J connectivity index is 2.16. The second-order valence-electron chi connectivity index (χ2n) is 4.66. The summed E-state index contributed by atoms with van der Waals surface area (Å²) in [6.07, 6.45) is 7.66. The molecule has 0 aromatic carbocycles. The number of alkyl halides is 1. The highest BCUT2D eigenvalue weighted by Crippen LogP contribution is 2.25. The number of hydrogen-bond acceptors (Lipinski definition) is 2. The normalized spacial score (nSPS) is 21.9. The maximum Gasteiger partial charge on any atom is 0.0509 e. The molecule has 2 nitrogen and oxygen atoms in total. The Morgan fingerprint density at radius 2 is 2.31 bits per heavy atom. The molecule has 1 aliphatic heterocycles. The molecule has 0 bridgehead atoms. The first-order valence-electron chi connectivity index (χ1n) is 6.05. The van der Waals surface area contributed by atoms with E-state index in [1.165, 1.54) is 24.9 Å². The third-order valence-corrected chi connectivity index (χ3v) is 3.67. The topological polar surface area (TPSA) is 16.1 Å². The number of rotatable bonds is 2. The van der Waals surface area contributed by atoms with Crippen molar-refractivity contribution in [3.8, 4) is 0 Å². The van der Waals surface area contributed by atoms with Gasteiger partial charge in [0, 0.05) is 36.7 Å². The van der Waals surface area contributed by atoms with Crippen molar-refractivity contribution in [3.05, 3.63) is 24.0 Å². The number of anilines is 1. The van der Waals surface area contributed by atoms with Gasteiger partial charge >= 0.3 is 0 Å². The van der Waals surface area contributed by atoms with Gasteiger partial charge in [-0.15, -0.1) is 11.6 Å². The van der Waals surface area contributed by atoms with Crippen molar-refractivity contribution >= 4 is 17.3 Å². The molecule has 3 heteroatoms. The van der Waals surface area contributed by atoms with E-state index in [0.29, 0.717) is 5.88 Å². The van der Waals surface area contributed by atoms with Crippen LogP contribution in [0.15, 0.2) is 18.5 Å². The highest BCUT2D eigenvalue weighted by Gasteiger charge is 2.16. The summed E-state index contributed by atoms with van der Waals surface area (Å²) in [6, 6.07) is 2.09. The zero-order valence-electron chi connectivity index (χ0n) is 9.82. The molecule has 0 saturated carbocycles. The van der Waals surface area contributed by atoms with Gasteiger partial charge in [0.05, 0.1) is 5.88 Å². The van der Waals surface area contributed by atoms with Gasteiger partial charge in [-0.25, -0.2) is 0 Å². The Kier molecular flexibility index (Phi) is 4.05. The van der Waals surface area contributed by atoms with E-state index < -0.39 is 0 Å². The first-order valence-corrected chi connectivity index (χ1v) is 6.58. The predicted octanol–water partition coefficient (Wildman–Crippen LogP) is 3.45. The Hall–Kier alpha value is -0.760. The molecule has 1 atom stereocenters. The van der Waals surface area contributed by atoms with Crippen LogP contribution in [0.25, 0.3) is 0 Å². The van der Waals surface area contributed by atoms with E-state index in [1.807, 2.05) is 12.4 Å². The molecular formula is C13H19ClN2. The molecular weight excluding hydrogens is 220 g/mol. The molecule has 1 unspecified atom stereocenters. The fourth-order valence-electron chi connectivity index (χ4n) is 2.34. The van der Waals surface area contributed by atoms with Gasteiger partial charge in [-0.2, -0.15) is 0 Å². The van der Waals surface area contributed by atoms with Gasteiger partial charge in [0.25, 0.3) is 0 Å². The predicted molar refractivity (Wildman–Crippen MR) is 69.0 cm³/mol. The summed E-state index contributed by atoms with van der Waals surface area (Å²) in [6.45, 7) is 4.64. The SMILES string of the molecule is CC1CCCN(c2ccncc2CCl)CC1. The average Bonchev–Trinajstić information content (AvgIpc) is 2.54. The lowest BCUT2D eigenvalue weighted by Gasteiger charge is -2.24. The van der Waals surface area contributed by atoms with Gasteiger partial charge in [-0.3, -0.25) is 4.98 Å². The standard InChI is InChI=1S/C13H19ClN2/c1-11-3-2-7-16(8-5-11)13-4-6-15-10-12(13)9-14/h4,6,10-11H,2-3,5,7-9H2,1H3. The Bertz CT molecular complexity index is 340. The minimum Gasteiger partial charge on any atom is -0.371 e. The molecule has 0 N–H and O–H groups in total. The van der Waals surface area contributed by atoms with Crippen LogP contribution in [0.2, 0.25) is 0 Å². The van der Waals surface area contributed by atoms with Crippen LogP contribution >= 0.6 is 11.6 Å².